The van der Waals surface area contributed by atoms with E-state index in [1.54, 1.807) is 24.3 Å². The first-order valence-electron chi connectivity index (χ1n) is 5.99. The molecule has 21 heavy (non-hydrogen) atoms. The van der Waals surface area contributed by atoms with Gasteiger partial charge in [-0.2, -0.15) is 13.2 Å². The summed E-state index contributed by atoms with van der Waals surface area (Å²) in [6, 6.07) is 9.22. The lowest BCUT2D eigenvalue weighted by Crippen LogP contribution is -2.23. The number of halogens is 3. The van der Waals surface area contributed by atoms with Gasteiger partial charge in [0.25, 0.3) is 5.91 Å². The van der Waals surface area contributed by atoms with E-state index < -0.39 is 18.6 Å². The number of rotatable bonds is 3. The number of hydrogen-bond donors (Lipinski definition) is 1. The van der Waals surface area contributed by atoms with Crippen LogP contribution >= 0.6 is 0 Å². The van der Waals surface area contributed by atoms with Gasteiger partial charge in [-0.15, -0.1) is 6.42 Å². The molecule has 0 aliphatic carbocycles. The average Bonchev–Trinajstić information content (AvgIpc) is 2.85. The highest BCUT2D eigenvalue weighted by atomic mass is 19.4. The summed E-state index contributed by atoms with van der Waals surface area (Å²) >= 11 is 0. The molecule has 0 aliphatic rings. The van der Waals surface area contributed by atoms with Gasteiger partial charge in [0, 0.05) is 17.4 Å². The minimum absolute atomic E-state index is 0.0709. The standard InChI is InChI=1S/C15H11F3N2O/c1-2-11-5-3-6-12(9-11)19-14(21)13-7-4-8-20(13)10-15(16,17)18/h1,3-9H,10H2,(H,19,21). The van der Waals surface area contributed by atoms with Crippen LogP contribution in [0.25, 0.3) is 0 Å². The molecule has 0 unspecified atom stereocenters. The molecule has 0 atom stereocenters. The van der Waals surface area contributed by atoms with Crippen LogP contribution in [0.1, 0.15) is 16.1 Å². The van der Waals surface area contributed by atoms with E-state index >= 15 is 0 Å². The summed E-state index contributed by atoms with van der Waals surface area (Å²) in [5.41, 5.74) is 0.923. The van der Waals surface area contributed by atoms with Crippen molar-refractivity contribution >= 4 is 11.6 Å². The molecule has 3 nitrogen and oxygen atoms in total. The largest absolute Gasteiger partial charge is 0.406 e. The predicted octanol–water partition coefficient (Wildman–Crippen LogP) is 3.28. The van der Waals surface area contributed by atoms with Crippen LogP contribution in [-0.4, -0.2) is 16.7 Å². The van der Waals surface area contributed by atoms with Crippen molar-refractivity contribution in [2.45, 2.75) is 12.7 Å². The topological polar surface area (TPSA) is 34.0 Å². The molecule has 0 saturated carbocycles. The molecule has 0 spiro atoms. The molecule has 6 heteroatoms. The highest BCUT2D eigenvalue weighted by molar-refractivity contribution is 6.03. The van der Waals surface area contributed by atoms with Gasteiger partial charge >= 0.3 is 6.18 Å². The SMILES string of the molecule is C#Cc1cccc(NC(=O)c2cccn2CC(F)(F)F)c1. The summed E-state index contributed by atoms with van der Waals surface area (Å²) in [5, 5.41) is 2.52. The lowest BCUT2D eigenvalue weighted by molar-refractivity contribution is -0.140. The van der Waals surface area contributed by atoms with Gasteiger partial charge in [-0.25, -0.2) is 0 Å². The van der Waals surface area contributed by atoms with Crippen molar-refractivity contribution in [3.63, 3.8) is 0 Å². The summed E-state index contributed by atoms with van der Waals surface area (Å²) in [7, 11) is 0. The van der Waals surface area contributed by atoms with E-state index in [-0.39, 0.29) is 5.69 Å². The lowest BCUT2D eigenvalue weighted by Gasteiger charge is -2.12. The third kappa shape index (κ3) is 3.89. The van der Waals surface area contributed by atoms with Crippen LogP contribution in [-0.2, 0) is 6.54 Å². The predicted molar refractivity (Wildman–Crippen MR) is 72.8 cm³/mol. The molecule has 108 valence electrons. The molecular weight excluding hydrogens is 281 g/mol. The fraction of sp³-hybridized carbons (Fsp3) is 0.133. The first-order chi connectivity index (χ1) is 9.89. The van der Waals surface area contributed by atoms with Gasteiger partial charge in [-0.05, 0) is 30.3 Å². The second-order valence-corrected chi connectivity index (χ2v) is 4.32. The van der Waals surface area contributed by atoms with Gasteiger partial charge < -0.3 is 9.88 Å². The Morgan fingerprint density at radius 1 is 1.29 bits per heavy atom. The van der Waals surface area contributed by atoms with E-state index in [1.165, 1.54) is 18.3 Å². The van der Waals surface area contributed by atoms with Crippen molar-refractivity contribution in [2.75, 3.05) is 5.32 Å². The van der Waals surface area contributed by atoms with E-state index in [2.05, 4.69) is 11.2 Å². The first kappa shape index (κ1) is 14.7. The highest BCUT2D eigenvalue weighted by Gasteiger charge is 2.29. The number of anilines is 1. The molecular formula is C15H11F3N2O. The Balaban J connectivity index is 2.18. The summed E-state index contributed by atoms with van der Waals surface area (Å²) < 4.78 is 38.1. The van der Waals surface area contributed by atoms with Gasteiger partial charge in [0.15, 0.2) is 0 Å². The van der Waals surface area contributed by atoms with Crippen LogP contribution in [0.3, 0.4) is 0 Å². The van der Waals surface area contributed by atoms with E-state index in [0.717, 1.165) is 4.57 Å². The maximum Gasteiger partial charge on any atom is 0.406 e. The molecule has 1 aromatic heterocycles. The number of carbonyl (C=O) groups excluding carboxylic acids is 1. The Labute approximate surface area is 119 Å². The number of amides is 1. The fourth-order valence-corrected chi connectivity index (χ4v) is 1.83. The first-order valence-corrected chi connectivity index (χ1v) is 5.99. The van der Waals surface area contributed by atoms with Crippen molar-refractivity contribution in [3.05, 3.63) is 53.9 Å². The van der Waals surface area contributed by atoms with Crippen LogP contribution in [0, 0.1) is 12.3 Å². The van der Waals surface area contributed by atoms with Crippen molar-refractivity contribution in [2.24, 2.45) is 0 Å². The number of terminal acetylenes is 1. The average molecular weight is 292 g/mol. The molecule has 1 amide bonds. The van der Waals surface area contributed by atoms with Crippen LogP contribution in [0.2, 0.25) is 0 Å². The van der Waals surface area contributed by atoms with Crippen LogP contribution < -0.4 is 5.32 Å². The maximum absolute atomic E-state index is 12.4. The minimum atomic E-state index is -4.39. The molecule has 0 aliphatic heterocycles. The number of nitrogens with zero attached hydrogens (tertiary/aromatic N) is 1. The Morgan fingerprint density at radius 3 is 2.71 bits per heavy atom. The zero-order valence-corrected chi connectivity index (χ0v) is 10.8. The van der Waals surface area contributed by atoms with Gasteiger partial charge in [0.05, 0.1) is 0 Å². The molecule has 1 heterocycles. The Bertz CT molecular complexity index is 695. The van der Waals surface area contributed by atoms with E-state index in [9.17, 15) is 18.0 Å². The van der Waals surface area contributed by atoms with Crippen LogP contribution in [0.5, 0.6) is 0 Å². The van der Waals surface area contributed by atoms with Crippen molar-refractivity contribution in [1.29, 1.82) is 0 Å². The van der Waals surface area contributed by atoms with Crippen molar-refractivity contribution in [1.82, 2.24) is 4.57 Å². The molecule has 0 fully saturated rings. The van der Waals surface area contributed by atoms with Gasteiger partial charge in [-0.3, -0.25) is 4.79 Å². The summed E-state index contributed by atoms with van der Waals surface area (Å²) in [6.45, 7) is -1.22. The number of benzene rings is 1. The normalized spacial score (nSPS) is 11.0. The number of alkyl halides is 3. The van der Waals surface area contributed by atoms with Crippen LogP contribution in [0.4, 0.5) is 18.9 Å². The zero-order chi connectivity index (χ0) is 15.5. The molecule has 2 aromatic rings. The van der Waals surface area contributed by atoms with Gasteiger partial charge in [0.1, 0.15) is 12.2 Å². The zero-order valence-electron chi connectivity index (χ0n) is 10.8. The summed E-state index contributed by atoms with van der Waals surface area (Å²) in [6.07, 6.45) is 2.06. The molecule has 0 bridgehead atoms. The molecule has 2 rings (SSSR count). The highest BCUT2D eigenvalue weighted by Crippen LogP contribution is 2.19. The van der Waals surface area contributed by atoms with E-state index in [0.29, 0.717) is 11.3 Å². The van der Waals surface area contributed by atoms with Gasteiger partial charge in [-0.1, -0.05) is 12.0 Å². The molecule has 0 saturated heterocycles. The third-order valence-electron chi connectivity index (χ3n) is 2.70. The quantitative estimate of drug-likeness (QED) is 0.865. The minimum Gasteiger partial charge on any atom is -0.334 e. The van der Waals surface area contributed by atoms with E-state index in [4.69, 9.17) is 6.42 Å². The Kier molecular flexibility index (Phi) is 4.03. The van der Waals surface area contributed by atoms with Crippen molar-refractivity contribution in [3.8, 4) is 12.3 Å². The molecule has 1 N–H and O–H groups in total. The summed E-state index contributed by atoms with van der Waals surface area (Å²) in [5.74, 6) is 1.79. The second kappa shape index (κ2) is 5.75. The molecule has 1 aromatic carbocycles. The third-order valence-corrected chi connectivity index (χ3v) is 2.70. The number of hydrogen-bond acceptors (Lipinski definition) is 1. The van der Waals surface area contributed by atoms with Crippen molar-refractivity contribution < 1.29 is 18.0 Å². The summed E-state index contributed by atoms with van der Waals surface area (Å²) in [4.78, 5) is 12.0. The number of aromatic nitrogens is 1. The number of nitrogens with one attached hydrogen (secondary N) is 1. The maximum atomic E-state index is 12.4. The fourth-order valence-electron chi connectivity index (χ4n) is 1.83. The second-order valence-electron chi connectivity index (χ2n) is 4.32. The van der Waals surface area contributed by atoms with Crippen LogP contribution in [0.15, 0.2) is 42.6 Å². The monoisotopic (exact) mass is 292 g/mol. The Hall–Kier alpha value is -2.68. The Morgan fingerprint density at radius 2 is 2.05 bits per heavy atom. The lowest BCUT2D eigenvalue weighted by atomic mass is 10.2. The number of carbonyl (C=O) groups is 1. The molecule has 0 radical (unpaired) electrons. The smallest absolute Gasteiger partial charge is 0.334 e. The van der Waals surface area contributed by atoms with Gasteiger partial charge in [0.2, 0.25) is 0 Å². The van der Waals surface area contributed by atoms with E-state index in [1.807, 2.05) is 0 Å².